The van der Waals surface area contributed by atoms with Crippen molar-refractivity contribution in [2.45, 2.75) is 13.8 Å². The lowest BCUT2D eigenvalue weighted by Gasteiger charge is -2.06. The summed E-state index contributed by atoms with van der Waals surface area (Å²) in [5.41, 5.74) is 6.21. The third kappa shape index (κ3) is 2.55. The van der Waals surface area contributed by atoms with E-state index in [-0.39, 0.29) is 0 Å². The van der Waals surface area contributed by atoms with Gasteiger partial charge in [-0.1, -0.05) is 48.5 Å². The smallest absolute Gasteiger partial charge is 0.0716 e. The number of pyridine rings is 1. The van der Waals surface area contributed by atoms with Gasteiger partial charge >= 0.3 is 0 Å². The third-order valence-electron chi connectivity index (χ3n) is 4.20. The Kier molecular flexibility index (Phi) is 3.47. The van der Waals surface area contributed by atoms with E-state index in [0.29, 0.717) is 0 Å². The first kappa shape index (κ1) is 14.2. The average molecular weight is 315 g/mol. The number of aromatic nitrogens is 1. The maximum Gasteiger partial charge on any atom is 0.0716 e. The highest BCUT2D eigenvalue weighted by molar-refractivity contribution is 7.22. The van der Waals surface area contributed by atoms with E-state index in [1.807, 2.05) is 23.6 Å². The summed E-state index contributed by atoms with van der Waals surface area (Å²) >= 11 is 1.85. The van der Waals surface area contributed by atoms with Crippen molar-refractivity contribution in [1.82, 2.24) is 4.98 Å². The molecule has 4 aromatic rings. The zero-order valence-electron chi connectivity index (χ0n) is 13.2. The summed E-state index contributed by atoms with van der Waals surface area (Å²) in [5.74, 6) is 0. The van der Waals surface area contributed by atoms with Gasteiger partial charge in [-0.25, -0.2) is 0 Å². The number of rotatable bonds is 2. The van der Waals surface area contributed by atoms with Crippen molar-refractivity contribution in [2.24, 2.45) is 0 Å². The molecule has 2 aromatic carbocycles. The molecule has 4 rings (SSSR count). The van der Waals surface area contributed by atoms with Gasteiger partial charge in [-0.15, -0.1) is 11.3 Å². The highest BCUT2D eigenvalue weighted by Gasteiger charge is 2.10. The molecule has 0 saturated carbocycles. The van der Waals surface area contributed by atoms with E-state index in [1.165, 1.54) is 31.7 Å². The molecule has 0 bridgehead atoms. The summed E-state index contributed by atoms with van der Waals surface area (Å²) < 4.78 is 1.29. The zero-order chi connectivity index (χ0) is 15.8. The van der Waals surface area contributed by atoms with E-state index >= 15 is 0 Å². The van der Waals surface area contributed by atoms with Crippen LogP contribution in [0.15, 0.2) is 66.9 Å². The van der Waals surface area contributed by atoms with E-state index in [1.54, 1.807) is 0 Å². The first-order valence-electron chi connectivity index (χ1n) is 7.74. The van der Waals surface area contributed by atoms with E-state index in [0.717, 1.165) is 11.3 Å². The van der Waals surface area contributed by atoms with Gasteiger partial charge in [-0.2, -0.15) is 0 Å². The van der Waals surface area contributed by atoms with E-state index in [2.05, 4.69) is 73.4 Å². The molecule has 0 unspecified atom stereocenters. The minimum absolute atomic E-state index is 1.04. The standard InChI is InChI=1S/C21H17NS/c1-14-7-6-8-15(2)21(14)20-11-17-13-22-18(12-19(17)23-20)16-9-4-3-5-10-16/h3-13H,1-2H3. The Labute approximate surface area is 140 Å². The van der Waals surface area contributed by atoms with Crippen molar-refractivity contribution in [2.75, 3.05) is 0 Å². The van der Waals surface area contributed by atoms with Gasteiger partial charge in [0.1, 0.15) is 0 Å². The molecule has 1 nitrogen and oxygen atoms in total. The molecule has 0 spiro atoms. The van der Waals surface area contributed by atoms with Crippen LogP contribution in [0.2, 0.25) is 0 Å². The van der Waals surface area contributed by atoms with Crippen molar-refractivity contribution in [1.29, 1.82) is 0 Å². The summed E-state index contributed by atoms with van der Waals surface area (Å²) in [6, 6.07) is 21.3. The second kappa shape index (κ2) is 5.64. The van der Waals surface area contributed by atoms with E-state index in [4.69, 9.17) is 0 Å². The zero-order valence-corrected chi connectivity index (χ0v) is 14.0. The highest BCUT2D eigenvalue weighted by Crippen LogP contribution is 2.37. The van der Waals surface area contributed by atoms with Crippen LogP contribution in [0.4, 0.5) is 0 Å². The first-order chi connectivity index (χ1) is 11.2. The van der Waals surface area contributed by atoms with Crippen LogP contribution in [0.1, 0.15) is 11.1 Å². The number of hydrogen-bond acceptors (Lipinski definition) is 2. The van der Waals surface area contributed by atoms with Gasteiger partial charge in [0, 0.05) is 26.7 Å². The lowest BCUT2D eigenvalue weighted by molar-refractivity contribution is 1.36. The fourth-order valence-corrected chi connectivity index (χ4v) is 4.27. The summed E-state index contributed by atoms with van der Waals surface area (Å²) in [6.45, 7) is 4.36. The fourth-order valence-electron chi connectivity index (χ4n) is 3.03. The molecule has 0 atom stereocenters. The Morgan fingerprint density at radius 3 is 2.30 bits per heavy atom. The Morgan fingerprint density at radius 1 is 0.826 bits per heavy atom. The van der Waals surface area contributed by atoms with Gasteiger partial charge in [0.05, 0.1) is 5.69 Å². The Bertz CT molecular complexity index is 963. The number of aryl methyl sites for hydroxylation is 2. The molecule has 0 N–H and O–H groups in total. The Hall–Kier alpha value is -2.45. The topological polar surface area (TPSA) is 12.9 Å². The molecular formula is C21H17NS. The lowest BCUT2D eigenvalue weighted by Crippen LogP contribution is -1.84. The second-order valence-corrected chi connectivity index (χ2v) is 6.93. The number of fused-ring (bicyclic) bond motifs is 1. The van der Waals surface area contributed by atoms with Gasteiger partial charge in [0.15, 0.2) is 0 Å². The van der Waals surface area contributed by atoms with Gasteiger partial charge in [0.2, 0.25) is 0 Å². The quantitative estimate of drug-likeness (QED) is 0.426. The van der Waals surface area contributed by atoms with Crippen molar-refractivity contribution < 1.29 is 0 Å². The monoisotopic (exact) mass is 315 g/mol. The van der Waals surface area contributed by atoms with E-state index in [9.17, 15) is 0 Å². The molecule has 23 heavy (non-hydrogen) atoms. The van der Waals surface area contributed by atoms with Crippen LogP contribution >= 0.6 is 11.3 Å². The summed E-state index contributed by atoms with van der Waals surface area (Å²) in [6.07, 6.45) is 1.99. The SMILES string of the molecule is Cc1cccc(C)c1-c1cc2cnc(-c3ccccc3)cc2s1. The van der Waals surface area contributed by atoms with Crippen molar-refractivity contribution in [3.8, 4) is 21.7 Å². The highest BCUT2D eigenvalue weighted by atomic mass is 32.1. The van der Waals surface area contributed by atoms with Gasteiger partial charge in [-0.05, 0) is 42.7 Å². The molecule has 0 saturated heterocycles. The fraction of sp³-hybridized carbons (Fsp3) is 0.0952. The number of benzene rings is 2. The molecule has 0 radical (unpaired) electrons. The average Bonchev–Trinajstić information content (AvgIpc) is 2.98. The molecule has 2 heteroatoms. The minimum Gasteiger partial charge on any atom is -0.256 e. The van der Waals surface area contributed by atoms with Crippen LogP contribution in [-0.4, -0.2) is 4.98 Å². The Morgan fingerprint density at radius 2 is 1.57 bits per heavy atom. The molecule has 0 aliphatic carbocycles. The summed E-state index contributed by atoms with van der Waals surface area (Å²) in [7, 11) is 0. The van der Waals surface area contributed by atoms with Crippen molar-refractivity contribution in [3.05, 3.63) is 78.0 Å². The third-order valence-corrected chi connectivity index (χ3v) is 5.31. The molecule has 0 aliphatic heterocycles. The minimum atomic E-state index is 1.04. The van der Waals surface area contributed by atoms with E-state index < -0.39 is 0 Å². The van der Waals surface area contributed by atoms with Crippen LogP contribution in [0.5, 0.6) is 0 Å². The van der Waals surface area contributed by atoms with Crippen LogP contribution in [-0.2, 0) is 0 Å². The summed E-state index contributed by atoms with van der Waals surface area (Å²) in [5, 5.41) is 1.22. The molecule has 0 aliphatic rings. The van der Waals surface area contributed by atoms with Gasteiger partial charge in [-0.3, -0.25) is 4.98 Å². The number of thiophene rings is 1. The lowest BCUT2D eigenvalue weighted by atomic mass is 10.0. The second-order valence-electron chi connectivity index (χ2n) is 5.85. The number of hydrogen-bond donors (Lipinski definition) is 0. The van der Waals surface area contributed by atoms with Crippen LogP contribution in [0, 0.1) is 13.8 Å². The van der Waals surface area contributed by atoms with Crippen LogP contribution in [0.25, 0.3) is 31.8 Å². The predicted molar refractivity (Wildman–Crippen MR) is 100.0 cm³/mol. The van der Waals surface area contributed by atoms with Gasteiger partial charge < -0.3 is 0 Å². The maximum atomic E-state index is 4.64. The maximum absolute atomic E-state index is 4.64. The molecule has 112 valence electrons. The normalized spacial score (nSPS) is 11.0. The Balaban J connectivity index is 1.86. The van der Waals surface area contributed by atoms with Crippen LogP contribution < -0.4 is 0 Å². The van der Waals surface area contributed by atoms with Crippen molar-refractivity contribution in [3.63, 3.8) is 0 Å². The van der Waals surface area contributed by atoms with Crippen LogP contribution in [0.3, 0.4) is 0 Å². The van der Waals surface area contributed by atoms with Gasteiger partial charge in [0.25, 0.3) is 0 Å². The molecule has 2 aromatic heterocycles. The predicted octanol–water partition coefficient (Wildman–Crippen LogP) is 6.25. The molecule has 0 fully saturated rings. The number of nitrogens with zero attached hydrogens (tertiary/aromatic N) is 1. The largest absolute Gasteiger partial charge is 0.256 e. The molecular weight excluding hydrogens is 298 g/mol. The molecule has 0 amide bonds. The summed E-state index contributed by atoms with van der Waals surface area (Å²) in [4.78, 5) is 5.96. The first-order valence-corrected chi connectivity index (χ1v) is 8.55. The van der Waals surface area contributed by atoms with Crippen molar-refractivity contribution >= 4 is 21.4 Å². The molecule has 2 heterocycles.